The molecule has 3 atom stereocenters. The molecular formula is C21H42N2. The number of hydrogen-bond donors (Lipinski definition) is 2. The molecule has 2 heteroatoms. The summed E-state index contributed by atoms with van der Waals surface area (Å²) in [6, 6.07) is 0.848. The van der Waals surface area contributed by atoms with Gasteiger partial charge in [0.25, 0.3) is 0 Å². The van der Waals surface area contributed by atoms with Crippen molar-refractivity contribution in [2.45, 2.75) is 110 Å². The lowest BCUT2D eigenvalue weighted by atomic mass is 9.54. The molecule has 0 aliphatic heterocycles. The summed E-state index contributed by atoms with van der Waals surface area (Å²) in [5.74, 6) is 1.74. The standard InChI is InChI=1S/C21H42N2/c1-5-6-7-14-21(4,16-8-11-18(22)12-9-16)17-10-13-19(23)20(2,3)15-17/h16-19H,5-15,22-23H2,1-4H3. The molecule has 0 aromatic carbocycles. The van der Waals surface area contributed by atoms with Crippen LogP contribution < -0.4 is 11.5 Å². The van der Waals surface area contributed by atoms with Crippen LogP contribution in [0.3, 0.4) is 0 Å². The molecular weight excluding hydrogens is 280 g/mol. The highest BCUT2D eigenvalue weighted by Gasteiger charge is 2.46. The van der Waals surface area contributed by atoms with E-state index < -0.39 is 0 Å². The van der Waals surface area contributed by atoms with Crippen LogP contribution >= 0.6 is 0 Å². The molecule has 0 bridgehead atoms. The normalized spacial score (nSPS) is 37.3. The zero-order valence-electron chi connectivity index (χ0n) is 16.2. The predicted molar refractivity (Wildman–Crippen MR) is 101 cm³/mol. The van der Waals surface area contributed by atoms with Gasteiger partial charge in [0, 0.05) is 12.1 Å². The third kappa shape index (κ3) is 4.51. The fraction of sp³-hybridized carbons (Fsp3) is 1.00. The minimum Gasteiger partial charge on any atom is -0.328 e. The molecule has 2 aliphatic carbocycles. The second-order valence-corrected chi connectivity index (χ2v) is 9.65. The van der Waals surface area contributed by atoms with Gasteiger partial charge in [-0.15, -0.1) is 0 Å². The molecule has 0 heterocycles. The van der Waals surface area contributed by atoms with E-state index in [9.17, 15) is 0 Å². The molecule has 0 aromatic heterocycles. The average Bonchev–Trinajstić information content (AvgIpc) is 2.50. The maximum absolute atomic E-state index is 6.42. The molecule has 3 unspecified atom stereocenters. The maximum atomic E-state index is 6.42. The Kier molecular flexibility index (Phi) is 6.58. The molecule has 0 radical (unpaired) electrons. The van der Waals surface area contributed by atoms with Crippen LogP contribution in [0.15, 0.2) is 0 Å². The minimum absolute atomic E-state index is 0.306. The smallest absolute Gasteiger partial charge is 0.00904 e. The molecule has 23 heavy (non-hydrogen) atoms. The van der Waals surface area contributed by atoms with Gasteiger partial charge in [-0.3, -0.25) is 0 Å². The number of hydrogen-bond acceptors (Lipinski definition) is 2. The van der Waals surface area contributed by atoms with Gasteiger partial charge < -0.3 is 11.5 Å². The van der Waals surface area contributed by atoms with E-state index in [4.69, 9.17) is 11.5 Å². The van der Waals surface area contributed by atoms with E-state index in [1.54, 1.807) is 0 Å². The Hall–Kier alpha value is -0.0800. The Morgan fingerprint density at radius 3 is 2.09 bits per heavy atom. The topological polar surface area (TPSA) is 52.0 Å². The largest absolute Gasteiger partial charge is 0.328 e. The second-order valence-electron chi connectivity index (χ2n) is 9.65. The van der Waals surface area contributed by atoms with Gasteiger partial charge in [0.1, 0.15) is 0 Å². The fourth-order valence-electron chi connectivity index (χ4n) is 5.50. The Labute approximate surface area is 145 Å². The van der Waals surface area contributed by atoms with Gasteiger partial charge in [-0.25, -0.2) is 0 Å². The van der Waals surface area contributed by atoms with Crippen LogP contribution in [0, 0.1) is 22.7 Å². The Morgan fingerprint density at radius 2 is 1.52 bits per heavy atom. The van der Waals surface area contributed by atoms with Gasteiger partial charge >= 0.3 is 0 Å². The van der Waals surface area contributed by atoms with Gasteiger partial charge in [-0.05, 0) is 74.0 Å². The Bertz CT molecular complexity index is 357. The minimum atomic E-state index is 0.306. The third-order valence-electron chi connectivity index (χ3n) is 7.56. The third-order valence-corrected chi connectivity index (χ3v) is 7.56. The van der Waals surface area contributed by atoms with E-state index in [0.717, 1.165) is 11.8 Å². The number of unbranched alkanes of at least 4 members (excludes halogenated alkanes) is 2. The van der Waals surface area contributed by atoms with E-state index >= 15 is 0 Å². The van der Waals surface area contributed by atoms with Crippen molar-refractivity contribution in [3.05, 3.63) is 0 Å². The molecule has 0 saturated heterocycles. The molecule has 136 valence electrons. The average molecular weight is 323 g/mol. The molecule has 2 nitrogen and oxygen atoms in total. The van der Waals surface area contributed by atoms with Crippen LogP contribution in [0.5, 0.6) is 0 Å². The van der Waals surface area contributed by atoms with Gasteiger partial charge in [-0.1, -0.05) is 47.0 Å². The highest BCUT2D eigenvalue weighted by Crippen LogP contribution is 2.54. The molecule has 0 aromatic rings. The lowest BCUT2D eigenvalue weighted by Gasteiger charge is -2.52. The zero-order chi connectivity index (χ0) is 17.1. The molecule has 4 N–H and O–H groups in total. The highest BCUT2D eigenvalue weighted by atomic mass is 14.7. The zero-order valence-corrected chi connectivity index (χ0v) is 16.2. The summed E-state index contributed by atoms with van der Waals surface area (Å²) < 4.78 is 0. The summed E-state index contributed by atoms with van der Waals surface area (Å²) in [6.07, 6.45) is 14.6. The molecule has 0 amide bonds. The van der Waals surface area contributed by atoms with Crippen LogP contribution in [0.4, 0.5) is 0 Å². The summed E-state index contributed by atoms with van der Waals surface area (Å²) in [4.78, 5) is 0. The summed E-state index contributed by atoms with van der Waals surface area (Å²) in [6.45, 7) is 9.74. The van der Waals surface area contributed by atoms with Crippen molar-refractivity contribution >= 4 is 0 Å². The first kappa shape index (κ1) is 19.2. The van der Waals surface area contributed by atoms with Crippen LogP contribution in [-0.4, -0.2) is 12.1 Å². The van der Waals surface area contributed by atoms with Crippen molar-refractivity contribution < 1.29 is 0 Å². The van der Waals surface area contributed by atoms with Crippen molar-refractivity contribution in [1.82, 2.24) is 0 Å². The Balaban J connectivity index is 2.12. The van der Waals surface area contributed by atoms with Gasteiger partial charge in [0.2, 0.25) is 0 Å². The quantitative estimate of drug-likeness (QED) is 0.657. The number of rotatable bonds is 6. The van der Waals surface area contributed by atoms with Crippen LogP contribution in [0.1, 0.15) is 98.3 Å². The molecule has 2 rings (SSSR count). The fourth-order valence-corrected chi connectivity index (χ4v) is 5.50. The highest BCUT2D eigenvalue weighted by molar-refractivity contribution is 4.98. The first-order valence-corrected chi connectivity index (χ1v) is 10.3. The van der Waals surface area contributed by atoms with Crippen LogP contribution in [0.2, 0.25) is 0 Å². The van der Waals surface area contributed by atoms with E-state index in [-0.39, 0.29) is 0 Å². The number of nitrogens with two attached hydrogens (primary N) is 2. The summed E-state index contributed by atoms with van der Waals surface area (Å²) in [7, 11) is 0. The van der Waals surface area contributed by atoms with Crippen molar-refractivity contribution in [2.75, 3.05) is 0 Å². The summed E-state index contributed by atoms with van der Waals surface area (Å²) >= 11 is 0. The van der Waals surface area contributed by atoms with Crippen molar-refractivity contribution in [1.29, 1.82) is 0 Å². The van der Waals surface area contributed by atoms with E-state index in [1.807, 2.05) is 0 Å². The van der Waals surface area contributed by atoms with E-state index in [2.05, 4.69) is 27.7 Å². The second kappa shape index (κ2) is 7.87. The van der Waals surface area contributed by atoms with Gasteiger partial charge in [0.15, 0.2) is 0 Å². The molecule has 2 saturated carbocycles. The predicted octanol–water partition coefficient (Wildman–Crippen LogP) is 5.24. The monoisotopic (exact) mass is 322 g/mol. The SMILES string of the molecule is CCCCCC(C)(C1CCC(N)CC1)C1CCC(N)C(C)(C)C1. The van der Waals surface area contributed by atoms with Crippen molar-refractivity contribution in [3.8, 4) is 0 Å². The first-order chi connectivity index (χ1) is 10.8. The molecule has 2 aliphatic rings. The summed E-state index contributed by atoms with van der Waals surface area (Å²) in [5, 5.41) is 0. The Morgan fingerprint density at radius 1 is 0.913 bits per heavy atom. The lowest BCUT2D eigenvalue weighted by Crippen LogP contribution is -2.48. The van der Waals surface area contributed by atoms with Gasteiger partial charge in [0.05, 0.1) is 0 Å². The summed E-state index contributed by atoms with van der Waals surface area (Å²) in [5.41, 5.74) is 13.4. The van der Waals surface area contributed by atoms with E-state index in [1.165, 1.54) is 70.6 Å². The molecule has 0 spiro atoms. The first-order valence-electron chi connectivity index (χ1n) is 10.3. The van der Waals surface area contributed by atoms with Crippen LogP contribution in [-0.2, 0) is 0 Å². The molecule has 2 fully saturated rings. The van der Waals surface area contributed by atoms with Crippen molar-refractivity contribution in [2.24, 2.45) is 34.1 Å². The van der Waals surface area contributed by atoms with Crippen LogP contribution in [0.25, 0.3) is 0 Å². The van der Waals surface area contributed by atoms with Gasteiger partial charge in [-0.2, -0.15) is 0 Å². The maximum Gasteiger partial charge on any atom is 0.00904 e. The lowest BCUT2D eigenvalue weighted by molar-refractivity contribution is -0.00954. The van der Waals surface area contributed by atoms with Crippen molar-refractivity contribution in [3.63, 3.8) is 0 Å². The van der Waals surface area contributed by atoms with E-state index in [0.29, 0.717) is 22.9 Å².